The molecule has 18 heteroatoms. The highest BCUT2D eigenvalue weighted by atomic mass is 32.2. The van der Waals surface area contributed by atoms with Crippen molar-refractivity contribution < 1.29 is 39.8 Å². The summed E-state index contributed by atoms with van der Waals surface area (Å²) in [7, 11) is -9.14. The summed E-state index contributed by atoms with van der Waals surface area (Å²) >= 11 is 4.32. The second-order valence-electron chi connectivity index (χ2n) is 7.75. The van der Waals surface area contributed by atoms with Gasteiger partial charge in [0.05, 0.1) is 21.7 Å². The Hall–Kier alpha value is -3.97. The highest BCUT2D eigenvalue weighted by Crippen LogP contribution is 2.42. The van der Waals surface area contributed by atoms with Crippen LogP contribution in [-0.2, 0) is 20.2 Å². The predicted molar refractivity (Wildman–Crippen MR) is 139 cm³/mol. The van der Waals surface area contributed by atoms with Crippen molar-refractivity contribution in [3.63, 3.8) is 0 Å². The smallest absolute Gasteiger partial charge is 0.313 e. The second kappa shape index (κ2) is 10.7. The lowest BCUT2D eigenvalue weighted by molar-refractivity contribution is 0.471. The number of anilines is 3. The molecule has 1 heterocycles. The summed E-state index contributed by atoms with van der Waals surface area (Å²) in [6, 6.07) is 9.63. The van der Waals surface area contributed by atoms with E-state index in [-0.39, 0.29) is 38.5 Å². The number of benzene rings is 3. The van der Waals surface area contributed by atoms with Crippen LogP contribution in [0.4, 0.5) is 37.3 Å². The number of hydrogen-bond acceptors (Lipinski definition) is 12. The third kappa shape index (κ3) is 6.92. The fourth-order valence-electron chi connectivity index (χ4n) is 3.35. The van der Waals surface area contributed by atoms with Gasteiger partial charge in [-0.3, -0.25) is 9.11 Å². The molecule has 5 N–H and O–H groups in total. The zero-order chi connectivity index (χ0) is 28.5. The number of halogens is 2. The number of phenolic OH excluding ortho intramolecular Hbond substituents is 1. The lowest BCUT2D eigenvalue weighted by Gasteiger charge is -2.12. The van der Waals surface area contributed by atoms with Gasteiger partial charge in [-0.1, -0.05) is 6.07 Å². The van der Waals surface area contributed by atoms with Gasteiger partial charge in [0.25, 0.3) is 20.2 Å². The molecule has 0 radical (unpaired) electrons. The number of nitrogens with zero attached hydrogens (tertiary/aromatic N) is 4. The summed E-state index contributed by atoms with van der Waals surface area (Å²) in [5.74, 6) is -2.79. The Bertz CT molecular complexity index is 1830. The topological polar surface area (TPSA) is 204 Å². The molecular weight excluding hydrogens is 582 g/mol. The number of aromatic hydroxyl groups is 1. The van der Waals surface area contributed by atoms with Gasteiger partial charge >= 0.3 is 6.08 Å². The third-order valence-corrected chi connectivity index (χ3v) is 6.66. The van der Waals surface area contributed by atoms with Gasteiger partial charge in [0.1, 0.15) is 23.1 Å². The van der Waals surface area contributed by atoms with E-state index in [2.05, 4.69) is 43.5 Å². The normalized spacial score (nSPS) is 12.2. The van der Waals surface area contributed by atoms with E-state index in [4.69, 9.17) is 4.55 Å². The van der Waals surface area contributed by atoms with E-state index >= 15 is 0 Å². The van der Waals surface area contributed by atoms with Gasteiger partial charge in [0.15, 0.2) is 0 Å². The van der Waals surface area contributed by atoms with Crippen LogP contribution in [0, 0.1) is 12.0 Å². The summed E-state index contributed by atoms with van der Waals surface area (Å²) in [5.41, 5.74) is 0.339. The molecular formula is C21H16F2N6O7S3. The van der Waals surface area contributed by atoms with Gasteiger partial charge in [-0.15, -0.1) is 22.9 Å². The van der Waals surface area contributed by atoms with Crippen LogP contribution in [0.2, 0.25) is 0 Å². The minimum absolute atomic E-state index is 0.00871. The van der Waals surface area contributed by atoms with E-state index in [1.54, 1.807) is 0 Å². The van der Waals surface area contributed by atoms with Crippen molar-refractivity contribution in [1.82, 2.24) is 9.97 Å². The molecule has 0 aliphatic rings. The Morgan fingerprint density at radius 2 is 1.69 bits per heavy atom. The molecule has 0 unspecified atom stereocenters. The Morgan fingerprint density at radius 1 is 0.949 bits per heavy atom. The van der Waals surface area contributed by atoms with Gasteiger partial charge in [-0.05, 0) is 35.7 Å². The van der Waals surface area contributed by atoms with Crippen molar-refractivity contribution in [3.05, 3.63) is 60.6 Å². The molecule has 4 rings (SSSR count). The van der Waals surface area contributed by atoms with E-state index in [0.717, 1.165) is 18.2 Å². The van der Waals surface area contributed by atoms with Gasteiger partial charge in [0, 0.05) is 22.7 Å². The van der Waals surface area contributed by atoms with E-state index < -0.39 is 48.8 Å². The van der Waals surface area contributed by atoms with Crippen molar-refractivity contribution >= 4 is 72.2 Å². The summed E-state index contributed by atoms with van der Waals surface area (Å²) in [4.78, 5) is 5.95. The molecule has 4 aromatic rings. The Kier molecular flexibility index (Phi) is 7.66. The Labute approximate surface area is 224 Å². The summed E-state index contributed by atoms with van der Waals surface area (Å²) < 4.78 is 90.7. The van der Waals surface area contributed by atoms with Crippen LogP contribution in [0.1, 0.15) is 0 Å². The minimum atomic E-state index is -4.67. The molecule has 39 heavy (non-hydrogen) atoms. The zero-order valence-electron chi connectivity index (χ0n) is 19.1. The SMILES string of the molecule is O=S(=O)(O)CNc1ccc2cc(S(=O)(=O)O)cc(O)c2c1N=Nc1ccc(Nc2cc(F)nc(F)n2)cc1S. The van der Waals surface area contributed by atoms with Crippen LogP contribution in [0.25, 0.3) is 10.8 Å². The molecule has 0 atom stereocenters. The number of rotatable bonds is 8. The molecule has 0 spiro atoms. The number of nitrogens with one attached hydrogen (secondary N) is 2. The predicted octanol–water partition coefficient (Wildman–Crippen LogP) is 4.57. The molecule has 0 saturated heterocycles. The van der Waals surface area contributed by atoms with Gasteiger partial charge < -0.3 is 15.7 Å². The van der Waals surface area contributed by atoms with Crippen LogP contribution in [0.15, 0.2) is 68.6 Å². The first kappa shape index (κ1) is 28.0. The lowest BCUT2D eigenvalue weighted by Crippen LogP contribution is -2.13. The zero-order valence-corrected chi connectivity index (χ0v) is 21.6. The number of hydrogen-bond donors (Lipinski definition) is 6. The second-order valence-corrected chi connectivity index (χ2v) is 11.1. The number of fused-ring (bicyclic) bond motifs is 1. The van der Waals surface area contributed by atoms with Crippen molar-refractivity contribution in [3.8, 4) is 5.75 Å². The maximum absolute atomic E-state index is 13.3. The molecule has 0 saturated carbocycles. The third-order valence-electron chi connectivity index (χ3n) is 4.96. The van der Waals surface area contributed by atoms with Gasteiger partial charge in [-0.25, -0.2) is 0 Å². The van der Waals surface area contributed by atoms with Crippen LogP contribution in [-0.4, -0.2) is 46.9 Å². The van der Waals surface area contributed by atoms with E-state index in [9.17, 15) is 35.3 Å². The number of azo groups is 1. The molecule has 0 aliphatic carbocycles. The lowest BCUT2D eigenvalue weighted by atomic mass is 10.1. The molecule has 13 nitrogen and oxygen atoms in total. The average Bonchev–Trinajstić information content (AvgIpc) is 2.80. The van der Waals surface area contributed by atoms with Crippen LogP contribution in [0.5, 0.6) is 5.75 Å². The van der Waals surface area contributed by atoms with Crippen molar-refractivity contribution in [2.75, 3.05) is 16.5 Å². The molecule has 0 bridgehead atoms. The molecule has 204 valence electrons. The van der Waals surface area contributed by atoms with Crippen LogP contribution >= 0.6 is 12.6 Å². The fraction of sp³-hybridized carbons (Fsp3) is 0.0476. The first-order chi connectivity index (χ1) is 18.2. The monoisotopic (exact) mass is 598 g/mol. The largest absolute Gasteiger partial charge is 0.507 e. The average molecular weight is 599 g/mol. The summed E-state index contributed by atoms with van der Waals surface area (Å²) in [6.07, 6.45) is -1.27. The molecule has 0 amide bonds. The molecule has 1 aromatic heterocycles. The molecule has 0 fully saturated rings. The number of phenols is 1. The van der Waals surface area contributed by atoms with E-state index in [0.29, 0.717) is 5.69 Å². The number of aromatic nitrogens is 2. The maximum atomic E-state index is 13.3. The van der Waals surface area contributed by atoms with E-state index in [1.165, 1.54) is 30.3 Å². The number of thiol groups is 1. The fourth-order valence-corrected chi connectivity index (χ4v) is 4.49. The minimum Gasteiger partial charge on any atom is -0.507 e. The first-order valence-electron chi connectivity index (χ1n) is 10.4. The van der Waals surface area contributed by atoms with Crippen LogP contribution < -0.4 is 10.6 Å². The van der Waals surface area contributed by atoms with Crippen molar-refractivity contribution in [2.24, 2.45) is 10.2 Å². The standard InChI is InChI=1S/C21H16F2N6O7S3/c22-17-8-18(27-21(23)26-17)25-11-2-4-13(16(37)6-11)28-29-20-14(24-9-38(31,32)33)3-1-10-5-12(39(34,35)36)7-15(30)19(10)20/h1-8,24,30,37H,9H2,(H,25,26,27)(H,31,32,33)(H,34,35,36). The molecule has 0 aliphatic heterocycles. The summed E-state index contributed by atoms with van der Waals surface area (Å²) in [5, 5.41) is 23.9. The van der Waals surface area contributed by atoms with Crippen LogP contribution in [0.3, 0.4) is 0 Å². The van der Waals surface area contributed by atoms with E-state index in [1.807, 2.05) is 0 Å². The van der Waals surface area contributed by atoms with Gasteiger partial charge in [-0.2, -0.15) is 35.6 Å². The van der Waals surface area contributed by atoms with Gasteiger partial charge in [0.2, 0.25) is 5.95 Å². The first-order valence-corrected chi connectivity index (χ1v) is 13.9. The summed E-state index contributed by atoms with van der Waals surface area (Å²) in [6.45, 7) is 0. The Balaban J connectivity index is 1.75. The highest BCUT2D eigenvalue weighted by Gasteiger charge is 2.18. The highest BCUT2D eigenvalue weighted by molar-refractivity contribution is 7.86. The van der Waals surface area contributed by atoms with Crippen molar-refractivity contribution in [1.29, 1.82) is 0 Å². The quantitative estimate of drug-likeness (QED) is 0.0545. The Morgan fingerprint density at radius 3 is 2.33 bits per heavy atom. The maximum Gasteiger partial charge on any atom is 0.313 e. The molecule has 3 aromatic carbocycles. The van der Waals surface area contributed by atoms with Crippen molar-refractivity contribution in [2.45, 2.75) is 9.79 Å².